The number of benzene rings is 1. The zero-order valence-corrected chi connectivity index (χ0v) is 19.6. The monoisotopic (exact) mass is 455 g/mol. The van der Waals surface area contributed by atoms with Crippen molar-refractivity contribution < 1.29 is 28.7 Å². The van der Waals surface area contributed by atoms with E-state index in [1.165, 1.54) is 16.8 Å². The van der Waals surface area contributed by atoms with E-state index in [4.69, 9.17) is 4.74 Å². The molecule has 9 heteroatoms. The molecule has 0 bridgehead atoms. The number of esters is 1. The van der Waals surface area contributed by atoms with Gasteiger partial charge in [0.15, 0.2) is 6.61 Å². The van der Waals surface area contributed by atoms with Crippen LogP contribution < -0.4 is 4.90 Å². The number of likely N-dealkylation sites (N-methyl/N-ethyl adjacent to an activating group) is 1. The topological polar surface area (TPSA) is 104 Å². The number of ketones is 1. The third-order valence-electron chi connectivity index (χ3n) is 6.91. The van der Waals surface area contributed by atoms with Crippen molar-refractivity contribution in [2.24, 2.45) is 0 Å². The Morgan fingerprint density at radius 2 is 1.61 bits per heavy atom. The highest BCUT2D eigenvalue weighted by atomic mass is 16.5. The van der Waals surface area contributed by atoms with Gasteiger partial charge in [-0.15, -0.1) is 0 Å². The maximum Gasteiger partial charge on any atom is 0.354 e. The maximum absolute atomic E-state index is 13.4. The second-order valence-electron chi connectivity index (χ2n) is 10.2. The number of fused-ring (bicyclic) bond motifs is 3. The van der Waals surface area contributed by atoms with E-state index in [2.05, 4.69) is 0 Å². The molecule has 9 nitrogen and oxygen atoms in total. The number of rotatable bonds is 3. The SMILES string of the molecule is CN1C(=O)c2ccccc2N2C(=O)CCC12C(=O)OCC(=O)N1C(C)(C)CC(=O)CC1(C)C. The predicted molar refractivity (Wildman–Crippen MR) is 118 cm³/mol. The third-order valence-corrected chi connectivity index (χ3v) is 6.91. The Hall–Kier alpha value is -3.23. The van der Waals surface area contributed by atoms with Crippen LogP contribution in [0.3, 0.4) is 0 Å². The van der Waals surface area contributed by atoms with Crippen LogP contribution in [0.4, 0.5) is 5.69 Å². The summed E-state index contributed by atoms with van der Waals surface area (Å²) >= 11 is 0. The van der Waals surface area contributed by atoms with Gasteiger partial charge in [-0.3, -0.25) is 24.1 Å². The molecule has 0 aromatic heterocycles. The minimum absolute atomic E-state index is 0.0727. The summed E-state index contributed by atoms with van der Waals surface area (Å²) in [5.41, 5.74) is -2.40. The lowest BCUT2D eigenvalue weighted by molar-refractivity contribution is -0.168. The molecule has 1 atom stereocenters. The summed E-state index contributed by atoms with van der Waals surface area (Å²) < 4.78 is 5.49. The molecule has 3 aliphatic rings. The van der Waals surface area contributed by atoms with Crippen molar-refractivity contribution in [3.63, 3.8) is 0 Å². The van der Waals surface area contributed by atoms with E-state index >= 15 is 0 Å². The fraction of sp³-hybridized carbons (Fsp3) is 0.542. The minimum Gasteiger partial charge on any atom is -0.452 e. The van der Waals surface area contributed by atoms with Gasteiger partial charge in [0, 0.05) is 43.8 Å². The summed E-state index contributed by atoms with van der Waals surface area (Å²) in [6.07, 6.45) is 0.584. The number of amides is 3. The van der Waals surface area contributed by atoms with E-state index < -0.39 is 41.1 Å². The molecule has 176 valence electrons. The zero-order chi connectivity index (χ0) is 24.3. The maximum atomic E-state index is 13.4. The first-order valence-corrected chi connectivity index (χ1v) is 11.1. The van der Waals surface area contributed by atoms with Gasteiger partial charge < -0.3 is 14.5 Å². The smallest absolute Gasteiger partial charge is 0.354 e. The average Bonchev–Trinajstić information content (AvgIpc) is 3.06. The van der Waals surface area contributed by atoms with Crippen LogP contribution in [0.15, 0.2) is 24.3 Å². The summed E-state index contributed by atoms with van der Waals surface area (Å²) in [6, 6.07) is 6.64. The van der Waals surface area contributed by atoms with Crippen LogP contribution in [0.2, 0.25) is 0 Å². The van der Waals surface area contributed by atoms with E-state index in [1.54, 1.807) is 29.2 Å². The van der Waals surface area contributed by atoms with E-state index in [1.807, 2.05) is 27.7 Å². The lowest BCUT2D eigenvalue weighted by Crippen LogP contribution is -2.68. The number of ether oxygens (including phenoxy) is 1. The van der Waals surface area contributed by atoms with Crippen molar-refractivity contribution in [3.05, 3.63) is 29.8 Å². The lowest BCUT2D eigenvalue weighted by Gasteiger charge is -2.52. The van der Waals surface area contributed by atoms with Gasteiger partial charge >= 0.3 is 5.97 Å². The molecule has 2 fully saturated rings. The standard InChI is InChI=1S/C24H29N3O6/c1-22(2)12-15(28)13-23(3,4)27(22)19(30)14-33-21(32)24-11-10-18(29)26(24)17-9-7-6-8-16(17)20(31)25(24)5/h6-9H,10-14H2,1-5H3. The predicted octanol–water partition coefficient (Wildman–Crippen LogP) is 1.89. The average molecular weight is 456 g/mol. The summed E-state index contributed by atoms with van der Waals surface area (Å²) in [5, 5.41) is 0. The number of anilines is 1. The number of Topliss-reactive ketones (excluding diaryl/α,β-unsaturated/α-hetero) is 1. The molecule has 0 N–H and O–H groups in total. The first kappa shape index (κ1) is 22.9. The van der Waals surface area contributed by atoms with Gasteiger partial charge in [-0.05, 0) is 39.8 Å². The first-order chi connectivity index (χ1) is 15.3. The van der Waals surface area contributed by atoms with Gasteiger partial charge in [0.05, 0.1) is 11.3 Å². The number of likely N-dealkylation sites (tertiary alicyclic amines) is 1. The molecule has 0 radical (unpaired) electrons. The molecule has 1 aromatic carbocycles. The number of nitrogens with zero attached hydrogens (tertiary/aromatic N) is 3. The number of piperidine rings is 1. The Balaban J connectivity index is 1.61. The highest BCUT2D eigenvalue weighted by Gasteiger charge is 2.61. The molecular formula is C24H29N3O6. The molecular weight excluding hydrogens is 426 g/mol. The summed E-state index contributed by atoms with van der Waals surface area (Å²) in [5.74, 6) is -1.86. The Morgan fingerprint density at radius 1 is 1.00 bits per heavy atom. The second-order valence-corrected chi connectivity index (χ2v) is 10.2. The summed E-state index contributed by atoms with van der Waals surface area (Å²) in [7, 11) is 1.47. The third kappa shape index (κ3) is 3.32. The van der Waals surface area contributed by atoms with Crippen LogP contribution in [0.25, 0.3) is 0 Å². The molecule has 3 amide bonds. The van der Waals surface area contributed by atoms with Crippen LogP contribution in [0.5, 0.6) is 0 Å². The highest BCUT2D eigenvalue weighted by Crippen LogP contribution is 2.44. The number of hydrogen-bond acceptors (Lipinski definition) is 6. The Bertz CT molecular complexity index is 1060. The van der Waals surface area contributed by atoms with Crippen molar-refractivity contribution >= 4 is 35.2 Å². The quantitative estimate of drug-likeness (QED) is 0.645. The van der Waals surface area contributed by atoms with Gasteiger partial charge in [-0.25, -0.2) is 4.79 Å². The number of carbonyl (C=O) groups is 5. The van der Waals surface area contributed by atoms with Crippen LogP contribution in [-0.4, -0.2) is 69.7 Å². The van der Waals surface area contributed by atoms with Crippen LogP contribution in [-0.2, 0) is 23.9 Å². The number of hydrogen-bond donors (Lipinski definition) is 0. The Labute approximate surface area is 192 Å². The molecule has 0 saturated carbocycles. The Kier molecular flexibility index (Phi) is 5.14. The van der Waals surface area contributed by atoms with Gasteiger partial charge in [0.25, 0.3) is 11.8 Å². The van der Waals surface area contributed by atoms with Crippen molar-refractivity contribution in [1.29, 1.82) is 0 Å². The van der Waals surface area contributed by atoms with E-state index in [-0.39, 0.29) is 37.4 Å². The molecule has 1 aromatic rings. The largest absolute Gasteiger partial charge is 0.452 e. The molecule has 2 saturated heterocycles. The molecule has 0 aliphatic carbocycles. The summed E-state index contributed by atoms with van der Waals surface area (Å²) in [6.45, 7) is 6.70. The van der Waals surface area contributed by atoms with Crippen molar-refractivity contribution in [1.82, 2.24) is 9.80 Å². The molecule has 1 unspecified atom stereocenters. The normalized spacial score (nSPS) is 25.6. The van der Waals surface area contributed by atoms with E-state index in [9.17, 15) is 24.0 Å². The van der Waals surface area contributed by atoms with Gasteiger partial charge in [0.2, 0.25) is 11.6 Å². The first-order valence-electron chi connectivity index (χ1n) is 11.1. The lowest BCUT2D eigenvalue weighted by atomic mass is 9.79. The van der Waals surface area contributed by atoms with Gasteiger partial charge in [-0.1, -0.05) is 12.1 Å². The molecule has 4 rings (SSSR count). The van der Waals surface area contributed by atoms with Gasteiger partial charge in [-0.2, -0.15) is 0 Å². The van der Waals surface area contributed by atoms with E-state index in [0.717, 1.165) is 0 Å². The van der Waals surface area contributed by atoms with Crippen molar-refractivity contribution in [3.8, 4) is 0 Å². The fourth-order valence-corrected chi connectivity index (χ4v) is 5.88. The zero-order valence-electron chi connectivity index (χ0n) is 19.6. The van der Waals surface area contributed by atoms with E-state index in [0.29, 0.717) is 11.3 Å². The highest BCUT2D eigenvalue weighted by molar-refractivity contribution is 6.15. The molecule has 0 spiro atoms. The molecule has 3 heterocycles. The number of para-hydroxylation sites is 1. The van der Waals surface area contributed by atoms with Gasteiger partial charge in [0.1, 0.15) is 5.78 Å². The molecule has 3 aliphatic heterocycles. The van der Waals surface area contributed by atoms with Crippen LogP contribution in [0.1, 0.15) is 63.7 Å². The minimum atomic E-state index is -1.63. The Morgan fingerprint density at radius 3 is 2.24 bits per heavy atom. The molecule has 33 heavy (non-hydrogen) atoms. The van der Waals surface area contributed by atoms with Crippen LogP contribution >= 0.6 is 0 Å². The second kappa shape index (κ2) is 7.40. The van der Waals surface area contributed by atoms with Crippen molar-refractivity contribution in [2.45, 2.75) is 70.1 Å². The fourth-order valence-electron chi connectivity index (χ4n) is 5.88. The van der Waals surface area contributed by atoms with Crippen LogP contribution in [0, 0.1) is 0 Å². The van der Waals surface area contributed by atoms with Crippen molar-refractivity contribution in [2.75, 3.05) is 18.6 Å². The number of carbonyl (C=O) groups excluding carboxylic acids is 5. The summed E-state index contributed by atoms with van der Waals surface area (Å²) in [4.78, 5) is 68.8.